The van der Waals surface area contributed by atoms with E-state index in [-0.39, 0.29) is 0 Å². The molecule has 1 aliphatic heterocycles. The molecule has 19 heavy (non-hydrogen) atoms. The molecule has 0 radical (unpaired) electrons. The normalized spacial score (nSPS) is 44.1. The Bertz CT molecular complexity index is 286. The van der Waals surface area contributed by atoms with Gasteiger partial charge in [-0.05, 0) is 46.5 Å². The van der Waals surface area contributed by atoms with Gasteiger partial charge in [-0.25, -0.2) is 5.01 Å². The molecule has 0 spiro atoms. The Morgan fingerprint density at radius 3 is 2.37 bits per heavy atom. The Balaban J connectivity index is 1.95. The van der Waals surface area contributed by atoms with Gasteiger partial charge in [-0.15, -0.1) is 0 Å². The number of hydrogen-bond donors (Lipinski definition) is 1. The van der Waals surface area contributed by atoms with Crippen LogP contribution in [0.25, 0.3) is 0 Å². The third-order valence-corrected chi connectivity index (χ3v) is 5.61. The highest BCUT2D eigenvalue weighted by Gasteiger charge is 2.52. The standard InChI is InChI=1S/C16H32N2O/c1-6-16(5)14(11-15(16)19-7-2)17-18-12(3)9-8-10-13(18)4/h12-15,17H,6-11H2,1-5H3. The monoisotopic (exact) mass is 268 g/mol. The molecule has 5 unspecified atom stereocenters. The molecule has 3 nitrogen and oxygen atoms in total. The highest BCUT2D eigenvalue weighted by atomic mass is 16.5. The number of hydrazine groups is 1. The van der Waals surface area contributed by atoms with E-state index in [1.807, 2.05) is 0 Å². The van der Waals surface area contributed by atoms with E-state index in [0.29, 0.717) is 29.6 Å². The summed E-state index contributed by atoms with van der Waals surface area (Å²) in [5.74, 6) is 0. The topological polar surface area (TPSA) is 24.5 Å². The van der Waals surface area contributed by atoms with E-state index >= 15 is 0 Å². The quantitative estimate of drug-likeness (QED) is 0.827. The van der Waals surface area contributed by atoms with E-state index in [1.165, 1.54) is 25.7 Å². The lowest BCUT2D eigenvalue weighted by atomic mass is 9.61. The first-order valence-corrected chi connectivity index (χ1v) is 8.19. The molecule has 1 aliphatic carbocycles. The molecule has 1 saturated carbocycles. The maximum absolute atomic E-state index is 5.90. The van der Waals surface area contributed by atoms with Crippen molar-refractivity contribution in [1.82, 2.24) is 10.4 Å². The number of ether oxygens (including phenoxy) is 1. The largest absolute Gasteiger partial charge is 0.378 e. The minimum atomic E-state index is 0.299. The first-order valence-electron chi connectivity index (χ1n) is 8.19. The van der Waals surface area contributed by atoms with Gasteiger partial charge in [-0.1, -0.05) is 20.3 Å². The maximum Gasteiger partial charge on any atom is 0.0659 e. The molecule has 5 atom stereocenters. The Labute approximate surface area is 119 Å². The first kappa shape index (κ1) is 15.3. The molecule has 2 aliphatic rings. The zero-order valence-corrected chi connectivity index (χ0v) is 13.4. The van der Waals surface area contributed by atoms with Crippen molar-refractivity contribution < 1.29 is 4.74 Å². The van der Waals surface area contributed by atoms with Crippen molar-refractivity contribution in [3.05, 3.63) is 0 Å². The number of piperidine rings is 1. The number of nitrogens with zero attached hydrogens (tertiary/aromatic N) is 1. The van der Waals surface area contributed by atoms with Gasteiger partial charge >= 0.3 is 0 Å². The van der Waals surface area contributed by atoms with Crippen LogP contribution in [0, 0.1) is 5.41 Å². The van der Waals surface area contributed by atoms with Crippen molar-refractivity contribution in [2.45, 2.75) is 91.0 Å². The summed E-state index contributed by atoms with van der Waals surface area (Å²) in [6.45, 7) is 12.3. The average molecular weight is 268 g/mol. The fourth-order valence-corrected chi connectivity index (χ4v) is 3.81. The Morgan fingerprint density at radius 1 is 1.21 bits per heavy atom. The van der Waals surface area contributed by atoms with Crippen LogP contribution in [0.4, 0.5) is 0 Å². The van der Waals surface area contributed by atoms with E-state index in [4.69, 9.17) is 4.74 Å². The lowest BCUT2D eigenvalue weighted by Crippen LogP contribution is -2.68. The molecule has 0 bridgehead atoms. The van der Waals surface area contributed by atoms with Crippen LogP contribution in [0.5, 0.6) is 0 Å². The fourth-order valence-electron chi connectivity index (χ4n) is 3.81. The number of hydrogen-bond acceptors (Lipinski definition) is 3. The Morgan fingerprint density at radius 2 is 1.84 bits per heavy atom. The van der Waals surface area contributed by atoms with Crippen molar-refractivity contribution in [3.63, 3.8) is 0 Å². The van der Waals surface area contributed by atoms with Crippen LogP contribution in [0.15, 0.2) is 0 Å². The molecule has 112 valence electrons. The summed E-state index contributed by atoms with van der Waals surface area (Å²) in [4.78, 5) is 0. The molecule has 0 amide bonds. The van der Waals surface area contributed by atoms with Crippen LogP contribution in [-0.4, -0.2) is 35.8 Å². The van der Waals surface area contributed by atoms with E-state index in [1.54, 1.807) is 0 Å². The molecule has 2 fully saturated rings. The van der Waals surface area contributed by atoms with Crippen LogP contribution < -0.4 is 5.43 Å². The summed E-state index contributed by atoms with van der Waals surface area (Å²) < 4.78 is 5.90. The molecule has 0 aromatic heterocycles. The highest BCUT2D eigenvalue weighted by Crippen LogP contribution is 2.46. The molecule has 1 heterocycles. The first-order chi connectivity index (χ1) is 9.02. The van der Waals surface area contributed by atoms with Crippen molar-refractivity contribution in [2.24, 2.45) is 5.41 Å². The second-order valence-corrected chi connectivity index (χ2v) is 6.76. The van der Waals surface area contributed by atoms with E-state index in [2.05, 4.69) is 45.1 Å². The van der Waals surface area contributed by atoms with E-state index < -0.39 is 0 Å². The lowest BCUT2D eigenvalue weighted by molar-refractivity contribution is -0.151. The summed E-state index contributed by atoms with van der Waals surface area (Å²) in [5, 5.41) is 2.52. The minimum absolute atomic E-state index is 0.299. The van der Waals surface area contributed by atoms with Gasteiger partial charge in [0.05, 0.1) is 6.10 Å². The van der Waals surface area contributed by atoms with Crippen molar-refractivity contribution >= 4 is 0 Å². The van der Waals surface area contributed by atoms with Crippen molar-refractivity contribution in [1.29, 1.82) is 0 Å². The van der Waals surface area contributed by atoms with E-state index in [9.17, 15) is 0 Å². The number of rotatable bonds is 5. The number of nitrogens with one attached hydrogen (secondary N) is 1. The van der Waals surface area contributed by atoms with Crippen LogP contribution in [0.1, 0.15) is 66.7 Å². The summed E-state index contributed by atoms with van der Waals surface area (Å²) in [6.07, 6.45) is 6.80. The third kappa shape index (κ3) is 2.84. The van der Waals surface area contributed by atoms with Crippen molar-refractivity contribution in [2.75, 3.05) is 6.61 Å². The van der Waals surface area contributed by atoms with Crippen LogP contribution in [0.2, 0.25) is 0 Å². The van der Waals surface area contributed by atoms with Crippen LogP contribution in [-0.2, 0) is 4.74 Å². The molecule has 2 rings (SSSR count). The van der Waals surface area contributed by atoms with Gasteiger partial charge in [-0.3, -0.25) is 5.43 Å². The fraction of sp³-hybridized carbons (Fsp3) is 1.00. The Kier molecular flexibility index (Phi) is 4.91. The van der Waals surface area contributed by atoms with Gasteiger partial charge < -0.3 is 4.74 Å². The minimum Gasteiger partial charge on any atom is -0.378 e. The van der Waals surface area contributed by atoms with Gasteiger partial charge in [-0.2, -0.15) is 0 Å². The van der Waals surface area contributed by atoms with Crippen LogP contribution in [0.3, 0.4) is 0 Å². The van der Waals surface area contributed by atoms with E-state index in [0.717, 1.165) is 13.0 Å². The SMILES string of the molecule is CCOC1CC(NN2C(C)CCCC2C)C1(C)CC. The van der Waals surface area contributed by atoms with Crippen LogP contribution >= 0.6 is 0 Å². The smallest absolute Gasteiger partial charge is 0.0659 e. The van der Waals surface area contributed by atoms with Gasteiger partial charge in [0, 0.05) is 30.1 Å². The maximum atomic E-state index is 5.90. The summed E-state index contributed by atoms with van der Waals surface area (Å²) >= 11 is 0. The second-order valence-electron chi connectivity index (χ2n) is 6.76. The third-order valence-electron chi connectivity index (χ3n) is 5.61. The van der Waals surface area contributed by atoms with Gasteiger partial charge in [0.1, 0.15) is 0 Å². The summed E-state index contributed by atoms with van der Waals surface area (Å²) in [7, 11) is 0. The highest BCUT2D eigenvalue weighted by molar-refractivity contribution is 5.04. The molecule has 0 aromatic rings. The molecule has 3 heteroatoms. The zero-order chi connectivity index (χ0) is 14.0. The van der Waals surface area contributed by atoms with Crippen molar-refractivity contribution in [3.8, 4) is 0 Å². The molecular weight excluding hydrogens is 236 g/mol. The zero-order valence-electron chi connectivity index (χ0n) is 13.4. The predicted molar refractivity (Wildman–Crippen MR) is 80.0 cm³/mol. The molecular formula is C16H32N2O. The summed E-state index contributed by atoms with van der Waals surface area (Å²) in [5.41, 5.74) is 4.14. The predicted octanol–water partition coefficient (Wildman–Crippen LogP) is 3.35. The van der Waals surface area contributed by atoms with Gasteiger partial charge in [0.15, 0.2) is 0 Å². The molecule has 1 saturated heterocycles. The molecule has 0 aromatic carbocycles. The average Bonchev–Trinajstić information content (AvgIpc) is 2.39. The summed E-state index contributed by atoms with van der Waals surface area (Å²) in [6, 6.07) is 1.91. The second kappa shape index (κ2) is 6.11. The van der Waals surface area contributed by atoms with Gasteiger partial charge in [0.25, 0.3) is 0 Å². The lowest BCUT2D eigenvalue weighted by Gasteiger charge is -2.56. The molecule has 1 N–H and O–H groups in total. The Hall–Kier alpha value is -0.120. The van der Waals surface area contributed by atoms with Gasteiger partial charge in [0.2, 0.25) is 0 Å².